The first kappa shape index (κ1) is 27.2. The monoisotopic (exact) mass is 528 g/mol. The van der Waals surface area contributed by atoms with E-state index in [9.17, 15) is 21.6 Å². The maximum absolute atomic E-state index is 12.9. The van der Waals surface area contributed by atoms with E-state index in [-0.39, 0.29) is 15.9 Å². The fourth-order valence-corrected chi connectivity index (χ4v) is 6.06. The van der Waals surface area contributed by atoms with E-state index in [0.29, 0.717) is 17.1 Å². The summed E-state index contributed by atoms with van der Waals surface area (Å²) in [6.07, 6.45) is 2.93. The molecule has 6 nitrogen and oxygen atoms in total. The summed E-state index contributed by atoms with van der Waals surface area (Å²) in [5.41, 5.74) is 0.395. The zero-order valence-electron chi connectivity index (χ0n) is 20.0. The highest BCUT2D eigenvalue weighted by atomic mass is 32.2. The van der Waals surface area contributed by atoms with Crippen LogP contribution in [0.5, 0.6) is 0 Å². The van der Waals surface area contributed by atoms with Crippen LogP contribution in [0.4, 0.5) is 18.9 Å². The molecule has 0 saturated heterocycles. The number of nitrogens with one attached hydrogen (secondary N) is 2. The average Bonchev–Trinajstić information content (AvgIpc) is 3.54. The Hall–Kier alpha value is -2.37. The van der Waals surface area contributed by atoms with Crippen LogP contribution in [0, 0.1) is 0 Å². The van der Waals surface area contributed by atoms with Crippen molar-refractivity contribution in [1.82, 2.24) is 15.1 Å². The molecule has 3 aromatic rings. The Morgan fingerprint density at radius 2 is 1.69 bits per heavy atom. The van der Waals surface area contributed by atoms with E-state index < -0.39 is 21.9 Å². The number of sulfonamides is 1. The molecule has 1 saturated carbocycles. The van der Waals surface area contributed by atoms with Crippen LogP contribution in [-0.4, -0.2) is 24.2 Å². The van der Waals surface area contributed by atoms with Gasteiger partial charge in [-0.3, -0.25) is 9.40 Å². The van der Waals surface area contributed by atoms with Crippen LogP contribution < -0.4 is 10.0 Å². The number of hydrogen-bond acceptors (Lipinski definition) is 5. The number of alkyl halides is 3. The van der Waals surface area contributed by atoms with Crippen molar-refractivity contribution < 1.29 is 21.6 Å². The number of hydrogen-bond donors (Lipinski definition) is 2. The highest BCUT2D eigenvalue weighted by Crippen LogP contribution is 2.35. The Labute approximate surface area is 208 Å². The lowest BCUT2D eigenvalue weighted by atomic mass is 10.2. The zero-order chi connectivity index (χ0) is 25.6. The van der Waals surface area contributed by atoms with Crippen molar-refractivity contribution in [2.75, 3.05) is 4.72 Å². The second-order valence-corrected chi connectivity index (χ2v) is 11.7. The number of thiophene rings is 1. The summed E-state index contributed by atoms with van der Waals surface area (Å²) in [5.74, 6) is 0. The Bertz CT molecular complexity index is 1210. The summed E-state index contributed by atoms with van der Waals surface area (Å²) in [5, 5.41) is 6.71. The summed E-state index contributed by atoms with van der Waals surface area (Å²) in [6, 6.07) is 11.0. The maximum atomic E-state index is 12.9. The predicted molar refractivity (Wildman–Crippen MR) is 134 cm³/mol. The van der Waals surface area contributed by atoms with E-state index in [4.69, 9.17) is 0 Å². The smallest absolute Gasteiger partial charge is 0.310 e. The van der Waals surface area contributed by atoms with E-state index in [2.05, 4.69) is 15.1 Å². The first-order valence-corrected chi connectivity index (χ1v) is 13.8. The second-order valence-electron chi connectivity index (χ2n) is 8.72. The van der Waals surface area contributed by atoms with E-state index in [0.717, 1.165) is 27.6 Å². The van der Waals surface area contributed by atoms with E-state index in [1.165, 1.54) is 51.3 Å². The van der Waals surface area contributed by atoms with Crippen LogP contribution in [0.2, 0.25) is 0 Å². The number of nitrogens with zero attached hydrogens (tertiary/aromatic N) is 2. The standard InChI is InChI=1S/C19H21F3N4O2S2.C5H10/c1-12(2)23-11-13-6-4-5-7-14(13)25-30(27,28)18-9-8-16(29-18)15-10-17(19(20,21)22)24-26(15)3;1-2-4-5-3-1/h4-10,12,23,25H,11H2,1-3H3;1-5H2. The van der Waals surface area contributed by atoms with Crippen LogP contribution in [0.15, 0.2) is 46.7 Å². The lowest BCUT2D eigenvalue weighted by Crippen LogP contribution is -2.23. The SMILES string of the molecule is C1CCCC1.CC(C)NCc1ccccc1NS(=O)(=O)c1ccc(-c2cc(C(F)(F)F)nn2C)s1. The number of halogens is 3. The van der Waals surface area contributed by atoms with Gasteiger partial charge in [0.2, 0.25) is 0 Å². The zero-order valence-corrected chi connectivity index (χ0v) is 21.7. The van der Waals surface area contributed by atoms with Crippen LogP contribution >= 0.6 is 11.3 Å². The predicted octanol–water partition coefficient (Wildman–Crippen LogP) is 6.42. The molecule has 0 spiro atoms. The van der Waals surface area contributed by atoms with Gasteiger partial charge < -0.3 is 5.32 Å². The molecular weight excluding hydrogens is 497 g/mol. The van der Waals surface area contributed by atoms with Gasteiger partial charge in [-0.15, -0.1) is 11.3 Å². The molecule has 2 aromatic heterocycles. The molecule has 0 atom stereocenters. The summed E-state index contributed by atoms with van der Waals surface area (Å²) >= 11 is 0.880. The van der Waals surface area contributed by atoms with Crippen molar-refractivity contribution in [3.05, 3.63) is 53.7 Å². The van der Waals surface area contributed by atoms with Gasteiger partial charge in [0.15, 0.2) is 5.69 Å². The molecule has 1 aromatic carbocycles. The third-order valence-corrected chi connectivity index (χ3v) is 8.45. The molecule has 0 unspecified atom stereocenters. The molecule has 4 rings (SSSR count). The van der Waals surface area contributed by atoms with Gasteiger partial charge in [-0.1, -0.05) is 64.2 Å². The minimum atomic E-state index is -4.57. The highest BCUT2D eigenvalue weighted by molar-refractivity contribution is 7.94. The quantitative estimate of drug-likeness (QED) is 0.371. The van der Waals surface area contributed by atoms with Gasteiger partial charge in [0.05, 0.1) is 16.3 Å². The van der Waals surface area contributed by atoms with E-state index >= 15 is 0 Å². The molecule has 2 N–H and O–H groups in total. The molecule has 35 heavy (non-hydrogen) atoms. The average molecular weight is 529 g/mol. The van der Waals surface area contributed by atoms with Crippen molar-refractivity contribution in [3.63, 3.8) is 0 Å². The Morgan fingerprint density at radius 3 is 2.26 bits per heavy atom. The third kappa shape index (κ3) is 7.55. The molecule has 11 heteroatoms. The second kappa shape index (κ2) is 11.6. The number of rotatable bonds is 7. The van der Waals surface area contributed by atoms with Gasteiger partial charge in [-0.05, 0) is 29.8 Å². The van der Waals surface area contributed by atoms with Crippen LogP contribution in [-0.2, 0) is 29.8 Å². The first-order valence-electron chi connectivity index (χ1n) is 11.5. The van der Waals surface area contributed by atoms with Crippen molar-refractivity contribution in [2.45, 2.75) is 68.9 Å². The molecule has 1 aliphatic carbocycles. The number of para-hydroxylation sites is 1. The molecular formula is C24H31F3N4O2S2. The van der Waals surface area contributed by atoms with Gasteiger partial charge >= 0.3 is 6.18 Å². The fraction of sp³-hybridized carbons (Fsp3) is 0.458. The highest BCUT2D eigenvalue weighted by Gasteiger charge is 2.35. The number of aromatic nitrogens is 2. The minimum Gasteiger partial charge on any atom is -0.310 e. The molecule has 0 amide bonds. The first-order chi connectivity index (χ1) is 16.5. The Balaban J connectivity index is 0.000000607. The molecule has 1 aliphatic rings. The van der Waals surface area contributed by atoms with Gasteiger partial charge in [0.25, 0.3) is 10.0 Å². The van der Waals surface area contributed by atoms with Gasteiger partial charge in [-0.2, -0.15) is 18.3 Å². The minimum absolute atomic E-state index is 0.00104. The van der Waals surface area contributed by atoms with Crippen LogP contribution in [0.25, 0.3) is 10.6 Å². The third-order valence-electron chi connectivity index (χ3n) is 5.48. The van der Waals surface area contributed by atoms with E-state index in [1.54, 1.807) is 12.1 Å². The molecule has 1 fully saturated rings. The van der Waals surface area contributed by atoms with Gasteiger partial charge in [-0.25, -0.2) is 8.42 Å². The van der Waals surface area contributed by atoms with Gasteiger partial charge in [0, 0.05) is 19.6 Å². The number of anilines is 1. The molecule has 0 aliphatic heterocycles. The van der Waals surface area contributed by atoms with Gasteiger partial charge in [0.1, 0.15) is 4.21 Å². The summed E-state index contributed by atoms with van der Waals surface area (Å²) in [4.78, 5) is 0.371. The summed E-state index contributed by atoms with van der Waals surface area (Å²) in [7, 11) is -2.52. The number of benzene rings is 1. The normalized spacial score (nSPS) is 14.1. The van der Waals surface area contributed by atoms with Crippen molar-refractivity contribution in [2.24, 2.45) is 7.05 Å². The summed E-state index contributed by atoms with van der Waals surface area (Å²) < 4.78 is 68.1. The van der Waals surface area contributed by atoms with Crippen LogP contribution in [0.3, 0.4) is 0 Å². The largest absolute Gasteiger partial charge is 0.435 e. The van der Waals surface area contributed by atoms with Crippen molar-refractivity contribution in [3.8, 4) is 10.6 Å². The molecule has 192 valence electrons. The van der Waals surface area contributed by atoms with Crippen molar-refractivity contribution in [1.29, 1.82) is 0 Å². The van der Waals surface area contributed by atoms with Crippen LogP contribution in [0.1, 0.15) is 57.2 Å². The lowest BCUT2D eigenvalue weighted by Gasteiger charge is -2.14. The lowest BCUT2D eigenvalue weighted by molar-refractivity contribution is -0.141. The molecule has 2 heterocycles. The Kier molecular flexibility index (Phi) is 9.00. The molecule has 0 bridgehead atoms. The van der Waals surface area contributed by atoms with Crippen molar-refractivity contribution >= 4 is 27.0 Å². The number of aryl methyl sites for hydroxylation is 1. The fourth-order valence-electron chi connectivity index (χ4n) is 3.61. The topological polar surface area (TPSA) is 76.0 Å². The Morgan fingerprint density at radius 1 is 1.06 bits per heavy atom. The van der Waals surface area contributed by atoms with E-state index in [1.807, 2.05) is 26.0 Å². The summed E-state index contributed by atoms with van der Waals surface area (Å²) in [6.45, 7) is 4.46. The molecule has 0 radical (unpaired) electrons. The maximum Gasteiger partial charge on any atom is 0.435 e.